The summed E-state index contributed by atoms with van der Waals surface area (Å²) in [6, 6.07) is 1.07. The number of nitrogens with zero attached hydrogens (tertiary/aromatic N) is 2. The van der Waals surface area contributed by atoms with E-state index in [1.54, 1.807) is 11.6 Å². The van der Waals surface area contributed by atoms with Crippen molar-refractivity contribution >= 4 is 16.3 Å². The first-order chi connectivity index (χ1) is 7.63. The van der Waals surface area contributed by atoms with Gasteiger partial charge >= 0.3 is 10.5 Å². The third-order valence-electron chi connectivity index (χ3n) is 2.19. The lowest BCUT2D eigenvalue weighted by atomic mass is 10.4. The molecule has 2 aromatic heterocycles. The summed E-state index contributed by atoms with van der Waals surface area (Å²) in [5.74, 6) is -0.222. The molecule has 0 saturated carbocycles. The molecule has 0 amide bonds. The first-order valence-electron chi connectivity index (χ1n) is 4.64. The Bertz CT molecular complexity index is 562. The number of hydrogen-bond acceptors (Lipinski definition) is 5. The van der Waals surface area contributed by atoms with Gasteiger partial charge < -0.3 is 15.3 Å². The van der Waals surface area contributed by atoms with Crippen molar-refractivity contribution in [2.45, 2.75) is 12.6 Å². The highest BCUT2D eigenvalue weighted by atomic mass is 32.1. The summed E-state index contributed by atoms with van der Waals surface area (Å²) in [7, 11) is 0. The summed E-state index contributed by atoms with van der Waals surface area (Å²) in [6.07, 6.45) is 0.614. The molecule has 2 aromatic rings. The van der Waals surface area contributed by atoms with Gasteiger partial charge in [-0.25, -0.2) is 4.79 Å². The number of aliphatic hydroxyl groups is 2. The normalized spacial score (nSPS) is 13.1. The molecule has 7 heteroatoms. The molecule has 0 radical (unpaired) electrons. The quantitative estimate of drug-likeness (QED) is 0.585. The van der Waals surface area contributed by atoms with E-state index in [0.717, 1.165) is 6.07 Å². The lowest BCUT2D eigenvalue weighted by Gasteiger charge is -2.06. The summed E-state index contributed by atoms with van der Waals surface area (Å²) >= 11 is 1.27. The topological polar surface area (TPSA) is 86.0 Å². The van der Waals surface area contributed by atoms with Crippen LogP contribution in [0.1, 0.15) is 0 Å². The minimum absolute atomic E-state index is 0.0344. The summed E-state index contributed by atoms with van der Waals surface area (Å²) in [6.45, 7) is -0.365. The van der Waals surface area contributed by atoms with Crippen LogP contribution in [0.15, 0.2) is 22.4 Å². The minimum Gasteiger partial charge on any atom is -0.478 e. The molecule has 6 nitrogen and oxygen atoms in total. The Hall–Kier alpha value is -1.44. The van der Waals surface area contributed by atoms with Gasteiger partial charge in [-0.05, 0) is 0 Å². The lowest BCUT2D eigenvalue weighted by molar-refractivity contribution is -0.686. The number of aliphatic hydroxyl groups excluding tert-OH is 2. The molecule has 0 aliphatic carbocycles. The zero-order chi connectivity index (χ0) is 11.7. The Morgan fingerprint density at radius 3 is 3.00 bits per heavy atom. The van der Waals surface area contributed by atoms with Gasteiger partial charge in [-0.2, -0.15) is 8.97 Å². The predicted octanol–water partition coefficient (Wildman–Crippen LogP) is -1.29. The SMILES string of the molecule is O=c1cc(O)[n+](CC(O)CO)c2sccn12. The van der Waals surface area contributed by atoms with Gasteiger partial charge in [-0.15, -0.1) is 0 Å². The van der Waals surface area contributed by atoms with Crippen LogP contribution in [0, 0.1) is 0 Å². The largest absolute Gasteiger partial charge is 0.478 e. The van der Waals surface area contributed by atoms with E-state index in [-0.39, 0.29) is 18.0 Å². The molecule has 3 N–H and O–H groups in total. The van der Waals surface area contributed by atoms with Crippen LogP contribution in [0.3, 0.4) is 0 Å². The van der Waals surface area contributed by atoms with Crippen LogP contribution in [0.25, 0.3) is 4.96 Å². The number of thiazole rings is 1. The van der Waals surface area contributed by atoms with Gasteiger partial charge in [-0.3, -0.25) is 0 Å². The first-order valence-corrected chi connectivity index (χ1v) is 5.52. The third kappa shape index (κ3) is 1.80. The summed E-state index contributed by atoms with van der Waals surface area (Å²) in [5.41, 5.74) is -0.330. The number of rotatable bonds is 3. The highest BCUT2D eigenvalue weighted by Gasteiger charge is 2.19. The second-order valence-electron chi connectivity index (χ2n) is 3.34. The second-order valence-corrected chi connectivity index (χ2v) is 4.22. The second kappa shape index (κ2) is 4.20. The van der Waals surface area contributed by atoms with Crippen molar-refractivity contribution in [2.75, 3.05) is 6.61 Å². The van der Waals surface area contributed by atoms with Gasteiger partial charge in [0.1, 0.15) is 24.9 Å². The van der Waals surface area contributed by atoms with E-state index in [0.29, 0.717) is 4.96 Å². The Labute approximate surface area is 94.3 Å². The van der Waals surface area contributed by atoms with Crippen LogP contribution >= 0.6 is 11.3 Å². The molecule has 2 rings (SSSR count). The maximum atomic E-state index is 11.5. The smallest absolute Gasteiger partial charge is 0.351 e. The van der Waals surface area contributed by atoms with E-state index in [4.69, 9.17) is 5.11 Å². The molecule has 0 fully saturated rings. The van der Waals surface area contributed by atoms with Crippen LogP contribution in [0.4, 0.5) is 0 Å². The fraction of sp³-hybridized carbons (Fsp3) is 0.333. The monoisotopic (exact) mass is 243 g/mol. The molecule has 0 bridgehead atoms. The molecule has 16 heavy (non-hydrogen) atoms. The summed E-state index contributed by atoms with van der Waals surface area (Å²) in [4.78, 5) is 12.0. The van der Waals surface area contributed by atoms with E-state index < -0.39 is 12.7 Å². The zero-order valence-electron chi connectivity index (χ0n) is 8.28. The molecule has 0 spiro atoms. The fourth-order valence-corrected chi connectivity index (χ4v) is 2.29. The van der Waals surface area contributed by atoms with E-state index in [1.165, 1.54) is 20.3 Å². The molecular weight excluding hydrogens is 232 g/mol. The molecule has 1 atom stereocenters. The van der Waals surface area contributed by atoms with E-state index in [1.807, 2.05) is 0 Å². The third-order valence-corrected chi connectivity index (χ3v) is 3.08. The summed E-state index contributed by atoms with van der Waals surface area (Å²) < 4.78 is 2.75. The van der Waals surface area contributed by atoms with Crippen LogP contribution in [0.2, 0.25) is 0 Å². The maximum Gasteiger partial charge on any atom is 0.351 e. The lowest BCUT2D eigenvalue weighted by Crippen LogP contribution is -2.44. The Morgan fingerprint density at radius 1 is 1.56 bits per heavy atom. The van der Waals surface area contributed by atoms with Crippen LogP contribution in [-0.2, 0) is 6.54 Å². The molecule has 2 heterocycles. The van der Waals surface area contributed by atoms with Crippen molar-refractivity contribution in [1.82, 2.24) is 4.40 Å². The van der Waals surface area contributed by atoms with Crippen LogP contribution in [-0.4, -0.2) is 32.4 Å². The molecule has 0 aromatic carbocycles. The van der Waals surface area contributed by atoms with Gasteiger partial charge in [0, 0.05) is 5.38 Å². The standard InChI is InChI=1S/C9H10N2O4S/c12-5-6(13)4-11-8(15)3-7(14)10-1-2-16-9(10)11/h1-3,6,12-13H,4-5H2/p+1. The number of fused-ring (bicyclic) bond motifs is 1. The fourth-order valence-electron chi connectivity index (χ4n) is 1.43. The van der Waals surface area contributed by atoms with Gasteiger partial charge in [-0.1, -0.05) is 11.3 Å². The molecule has 0 aliphatic heterocycles. The molecule has 0 aliphatic rings. The van der Waals surface area contributed by atoms with Crippen molar-refractivity contribution < 1.29 is 19.9 Å². The Balaban J connectivity index is 2.59. The molecule has 0 saturated heterocycles. The molecule has 86 valence electrons. The average Bonchev–Trinajstić information content (AvgIpc) is 2.73. The zero-order valence-corrected chi connectivity index (χ0v) is 9.09. The molecule has 1 unspecified atom stereocenters. The Kier molecular flexibility index (Phi) is 2.90. The predicted molar refractivity (Wildman–Crippen MR) is 56.5 cm³/mol. The van der Waals surface area contributed by atoms with E-state index in [9.17, 15) is 15.0 Å². The highest BCUT2D eigenvalue weighted by molar-refractivity contribution is 7.14. The van der Waals surface area contributed by atoms with Crippen molar-refractivity contribution in [2.24, 2.45) is 0 Å². The number of aromatic nitrogens is 2. The first kappa shape index (κ1) is 11.1. The summed E-state index contributed by atoms with van der Waals surface area (Å²) in [5, 5.41) is 29.4. The Morgan fingerprint density at radius 2 is 2.31 bits per heavy atom. The van der Waals surface area contributed by atoms with Gasteiger partial charge in [0.05, 0.1) is 6.61 Å². The van der Waals surface area contributed by atoms with Crippen LogP contribution < -0.4 is 10.1 Å². The minimum atomic E-state index is -0.973. The van der Waals surface area contributed by atoms with Crippen molar-refractivity contribution in [3.05, 3.63) is 28.0 Å². The van der Waals surface area contributed by atoms with Crippen LogP contribution in [0.5, 0.6) is 5.88 Å². The number of hydrogen-bond donors (Lipinski definition) is 3. The van der Waals surface area contributed by atoms with Gasteiger partial charge in [0.25, 0.3) is 5.88 Å². The van der Waals surface area contributed by atoms with Crippen molar-refractivity contribution in [1.29, 1.82) is 0 Å². The number of aromatic hydroxyl groups is 1. The van der Waals surface area contributed by atoms with E-state index >= 15 is 0 Å². The van der Waals surface area contributed by atoms with Gasteiger partial charge in [0.2, 0.25) is 0 Å². The molecular formula is C9H11N2O4S+. The maximum absolute atomic E-state index is 11.5. The van der Waals surface area contributed by atoms with E-state index in [2.05, 4.69) is 0 Å². The van der Waals surface area contributed by atoms with Crippen molar-refractivity contribution in [3.8, 4) is 5.88 Å². The van der Waals surface area contributed by atoms with Crippen molar-refractivity contribution in [3.63, 3.8) is 0 Å². The highest BCUT2D eigenvalue weighted by Crippen LogP contribution is 2.08. The van der Waals surface area contributed by atoms with Gasteiger partial charge in [0.15, 0.2) is 0 Å². The average molecular weight is 243 g/mol.